The quantitative estimate of drug-likeness (QED) is 0.854. The van der Waals surface area contributed by atoms with E-state index in [1.165, 1.54) is 37.7 Å². The van der Waals surface area contributed by atoms with Crippen molar-refractivity contribution in [1.82, 2.24) is 4.90 Å². The molecular weight excluding hydrogens is 212 g/mol. The Morgan fingerprint density at radius 2 is 2.12 bits per heavy atom. The van der Waals surface area contributed by atoms with Crippen LogP contribution in [0.2, 0.25) is 0 Å². The molecule has 0 bridgehead atoms. The summed E-state index contributed by atoms with van der Waals surface area (Å²) in [5.41, 5.74) is 7.77. The normalized spacial score (nSPS) is 19.7. The number of rotatable bonds is 5. The highest BCUT2D eigenvalue weighted by Crippen LogP contribution is 2.28. The minimum atomic E-state index is 0.100. The van der Waals surface area contributed by atoms with Crippen LogP contribution in [-0.2, 0) is 6.54 Å². The van der Waals surface area contributed by atoms with E-state index in [0.717, 1.165) is 19.5 Å². The first kappa shape index (κ1) is 12.7. The van der Waals surface area contributed by atoms with Crippen molar-refractivity contribution < 1.29 is 4.42 Å². The van der Waals surface area contributed by atoms with Crippen molar-refractivity contribution in [2.45, 2.75) is 50.6 Å². The van der Waals surface area contributed by atoms with E-state index in [1.807, 2.05) is 12.3 Å². The van der Waals surface area contributed by atoms with E-state index in [9.17, 15) is 0 Å². The van der Waals surface area contributed by atoms with Gasteiger partial charge in [-0.2, -0.15) is 0 Å². The molecule has 0 spiro atoms. The molecule has 0 unspecified atom stereocenters. The second-order valence-corrected chi connectivity index (χ2v) is 5.54. The molecule has 0 saturated heterocycles. The van der Waals surface area contributed by atoms with Crippen LogP contribution in [0.15, 0.2) is 23.0 Å². The maximum atomic E-state index is 6.44. The summed E-state index contributed by atoms with van der Waals surface area (Å²) in [4.78, 5) is 2.33. The Morgan fingerprint density at radius 1 is 1.35 bits per heavy atom. The Hall–Kier alpha value is -0.800. The average Bonchev–Trinajstić information content (AvgIpc) is 2.80. The third kappa shape index (κ3) is 3.86. The Balaban J connectivity index is 1.73. The predicted molar refractivity (Wildman–Crippen MR) is 69.7 cm³/mol. The fraction of sp³-hybridized carbons (Fsp3) is 0.714. The standard InChI is InChI=1S/C14H24N2O/c1-16(11-13-5-10-17-12-13)9-8-14(15)6-3-2-4-7-14/h5,10,12H,2-4,6-9,11,15H2,1H3. The molecule has 1 aromatic rings. The molecule has 3 heteroatoms. The number of nitrogens with zero attached hydrogens (tertiary/aromatic N) is 1. The lowest BCUT2D eigenvalue weighted by Gasteiger charge is -2.34. The number of nitrogens with two attached hydrogens (primary N) is 1. The van der Waals surface area contributed by atoms with Crippen LogP contribution in [0, 0.1) is 0 Å². The van der Waals surface area contributed by atoms with Crippen LogP contribution in [0.1, 0.15) is 44.1 Å². The van der Waals surface area contributed by atoms with Crippen LogP contribution in [0.25, 0.3) is 0 Å². The summed E-state index contributed by atoms with van der Waals surface area (Å²) in [5, 5.41) is 0. The number of hydrogen-bond acceptors (Lipinski definition) is 3. The maximum absolute atomic E-state index is 6.44. The molecule has 0 amide bonds. The molecule has 0 aliphatic heterocycles. The molecule has 96 valence electrons. The summed E-state index contributed by atoms with van der Waals surface area (Å²) in [7, 11) is 2.15. The van der Waals surface area contributed by atoms with Crippen LogP contribution in [0.5, 0.6) is 0 Å². The Labute approximate surface area is 104 Å². The van der Waals surface area contributed by atoms with Crippen molar-refractivity contribution >= 4 is 0 Å². The van der Waals surface area contributed by atoms with Gasteiger partial charge in [0.25, 0.3) is 0 Å². The molecule has 17 heavy (non-hydrogen) atoms. The molecule has 0 aromatic carbocycles. The third-order valence-corrected chi connectivity index (χ3v) is 3.87. The van der Waals surface area contributed by atoms with E-state index in [-0.39, 0.29) is 5.54 Å². The molecule has 1 aliphatic rings. The van der Waals surface area contributed by atoms with Crippen LogP contribution >= 0.6 is 0 Å². The van der Waals surface area contributed by atoms with Crippen molar-refractivity contribution in [1.29, 1.82) is 0 Å². The molecule has 1 aliphatic carbocycles. The van der Waals surface area contributed by atoms with Gasteiger partial charge in [-0.25, -0.2) is 0 Å². The van der Waals surface area contributed by atoms with Crippen molar-refractivity contribution in [2.24, 2.45) is 5.73 Å². The van der Waals surface area contributed by atoms with Gasteiger partial charge in [-0.15, -0.1) is 0 Å². The summed E-state index contributed by atoms with van der Waals surface area (Å²) in [6.45, 7) is 2.02. The van der Waals surface area contributed by atoms with Gasteiger partial charge in [-0.05, 0) is 38.9 Å². The highest BCUT2D eigenvalue weighted by Gasteiger charge is 2.27. The number of hydrogen-bond donors (Lipinski definition) is 1. The van der Waals surface area contributed by atoms with Crippen molar-refractivity contribution in [2.75, 3.05) is 13.6 Å². The largest absolute Gasteiger partial charge is 0.472 e. The van der Waals surface area contributed by atoms with Crippen molar-refractivity contribution in [3.05, 3.63) is 24.2 Å². The zero-order valence-electron chi connectivity index (χ0n) is 10.8. The second-order valence-electron chi connectivity index (χ2n) is 5.54. The molecule has 0 radical (unpaired) electrons. The molecule has 1 aromatic heterocycles. The van der Waals surface area contributed by atoms with Gasteiger partial charge in [0.05, 0.1) is 12.5 Å². The van der Waals surface area contributed by atoms with Crippen LogP contribution in [0.4, 0.5) is 0 Å². The first-order valence-electron chi connectivity index (χ1n) is 6.66. The average molecular weight is 236 g/mol. The van der Waals surface area contributed by atoms with Gasteiger partial charge in [0.1, 0.15) is 0 Å². The maximum Gasteiger partial charge on any atom is 0.0947 e. The van der Waals surface area contributed by atoms with E-state index >= 15 is 0 Å². The van der Waals surface area contributed by atoms with Gasteiger partial charge in [-0.1, -0.05) is 19.3 Å². The second kappa shape index (κ2) is 5.69. The minimum Gasteiger partial charge on any atom is -0.472 e. The van der Waals surface area contributed by atoms with Gasteiger partial charge in [-0.3, -0.25) is 0 Å². The van der Waals surface area contributed by atoms with Gasteiger partial charge in [0.15, 0.2) is 0 Å². The van der Waals surface area contributed by atoms with Gasteiger partial charge in [0, 0.05) is 17.6 Å². The molecule has 0 atom stereocenters. The lowest BCUT2D eigenvalue weighted by Crippen LogP contribution is -2.44. The summed E-state index contributed by atoms with van der Waals surface area (Å²) >= 11 is 0. The van der Waals surface area contributed by atoms with E-state index in [4.69, 9.17) is 10.2 Å². The first-order chi connectivity index (χ1) is 8.18. The molecule has 1 heterocycles. The topological polar surface area (TPSA) is 42.4 Å². The Morgan fingerprint density at radius 3 is 2.76 bits per heavy atom. The zero-order valence-corrected chi connectivity index (χ0v) is 10.8. The van der Waals surface area contributed by atoms with Crippen LogP contribution < -0.4 is 5.73 Å². The fourth-order valence-electron chi connectivity index (χ4n) is 2.69. The van der Waals surface area contributed by atoms with Crippen molar-refractivity contribution in [3.63, 3.8) is 0 Å². The molecule has 2 N–H and O–H groups in total. The highest BCUT2D eigenvalue weighted by molar-refractivity contribution is 5.04. The van der Waals surface area contributed by atoms with Crippen molar-refractivity contribution in [3.8, 4) is 0 Å². The smallest absolute Gasteiger partial charge is 0.0947 e. The van der Waals surface area contributed by atoms with Crippen LogP contribution in [-0.4, -0.2) is 24.0 Å². The summed E-state index contributed by atoms with van der Waals surface area (Å²) in [6, 6.07) is 2.02. The molecule has 1 saturated carbocycles. The third-order valence-electron chi connectivity index (χ3n) is 3.87. The summed E-state index contributed by atoms with van der Waals surface area (Å²) in [5.74, 6) is 0. The summed E-state index contributed by atoms with van der Waals surface area (Å²) in [6.07, 6.45) is 11.0. The molecule has 3 nitrogen and oxygen atoms in total. The first-order valence-corrected chi connectivity index (χ1v) is 6.66. The van der Waals surface area contributed by atoms with Gasteiger partial charge >= 0.3 is 0 Å². The van der Waals surface area contributed by atoms with Gasteiger partial charge < -0.3 is 15.1 Å². The molecule has 2 rings (SSSR count). The van der Waals surface area contributed by atoms with Crippen LogP contribution in [0.3, 0.4) is 0 Å². The van der Waals surface area contributed by atoms with E-state index in [0.29, 0.717) is 0 Å². The fourth-order valence-corrected chi connectivity index (χ4v) is 2.69. The van der Waals surface area contributed by atoms with E-state index < -0.39 is 0 Å². The molecular formula is C14H24N2O. The van der Waals surface area contributed by atoms with E-state index in [1.54, 1.807) is 6.26 Å². The summed E-state index contributed by atoms with van der Waals surface area (Å²) < 4.78 is 5.08. The lowest BCUT2D eigenvalue weighted by molar-refractivity contribution is 0.226. The predicted octanol–water partition coefficient (Wildman–Crippen LogP) is 2.76. The van der Waals surface area contributed by atoms with E-state index in [2.05, 4.69) is 11.9 Å². The van der Waals surface area contributed by atoms with Gasteiger partial charge in [0.2, 0.25) is 0 Å². The number of furan rings is 1. The minimum absolute atomic E-state index is 0.100. The highest BCUT2D eigenvalue weighted by atomic mass is 16.3. The zero-order chi connectivity index (χ0) is 12.1. The Kier molecular flexibility index (Phi) is 4.24. The lowest BCUT2D eigenvalue weighted by atomic mass is 9.80. The monoisotopic (exact) mass is 236 g/mol. The SMILES string of the molecule is CN(CCC1(N)CCCCC1)Cc1ccoc1. The Bertz CT molecular complexity index is 315. The molecule has 1 fully saturated rings.